The molecule has 1 N–H and O–H groups in total. The number of hydrogen-bond donors (Lipinski definition) is 1. The first-order valence-electron chi connectivity index (χ1n) is 5.56. The van der Waals surface area contributed by atoms with Crippen LogP contribution >= 0.6 is 11.6 Å². The highest BCUT2D eigenvalue weighted by Gasteiger charge is 2.04. The van der Waals surface area contributed by atoms with Crippen LogP contribution in [0.15, 0.2) is 18.3 Å². The summed E-state index contributed by atoms with van der Waals surface area (Å²) < 4.78 is 1.75. The van der Waals surface area contributed by atoms with Gasteiger partial charge in [-0.05, 0) is 27.1 Å². The van der Waals surface area contributed by atoms with E-state index in [9.17, 15) is 0 Å². The lowest BCUT2D eigenvalue weighted by molar-refractivity contribution is 0.405. The van der Waals surface area contributed by atoms with E-state index in [1.165, 1.54) is 0 Å². The number of anilines is 1. The fourth-order valence-corrected chi connectivity index (χ4v) is 1.81. The molecule has 0 fully saturated rings. The Morgan fingerprint density at radius 3 is 3.06 bits per heavy atom. The molecule has 0 aromatic carbocycles. The first-order valence-corrected chi connectivity index (χ1v) is 5.93. The summed E-state index contributed by atoms with van der Waals surface area (Å²) in [5.74, 6) is 0.878. The number of hydrogen-bond acceptors (Lipinski definition) is 4. The molecule has 0 saturated heterocycles. The molecule has 2 aromatic heterocycles. The average Bonchev–Trinajstić information content (AvgIpc) is 2.71. The van der Waals surface area contributed by atoms with Crippen LogP contribution in [0.5, 0.6) is 0 Å². The Kier molecular flexibility index (Phi) is 3.81. The summed E-state index contributed by atoms with van der Waals surface area (Å²) in [4.78, 5) is 6.33. The molecule has 0 aliphatic heterocycles. The van der Waals surface area contributed by atoms with Crippen LogP contribution < -0.4 is 5.32 Å². The van der Waals surface area contributed by atoms with Crippen LogP contribution in [0.1, 0.15) is 6.42 Å². The molecule has 0 atom stereocenters. The maximum Gasteiger partial charge on any atom is 0.159 e. The van der Waals surface area contributed by atoms with Gasteiger partial charge in [-0.3, -0.25) is 0 Å². The second-order valence-corrected chi connectivity index (χ2v) is 4.54. The third-order valence-corrected chi connectivity index (χ3v) is 2.61. The fraction of sp³-hybridized carbons (Fsp3) is 0.455. The summed E-state index contributed by atoms with van der Waals surface area (Å²) in [5, 5.41) is 8.00. The molecule has 0 saturated carbocycles. The molecule has 0 bridgehead atoms. The highest BCUT2D eigenvalue weighted by Crippen LogP contribution is 2.15. The van der Waals surface area contributed by atoms with Crippen molar-refractivity contribution in [3.05, 3.63) is 23.5 Å². The summed E-state index contributed by atoms with van der Waals surface area (Å²) in [7, 11) is 4.13. The highest BCUT2D eigenvalue weighted by molar-refractivity contribution is 6.29. The van der Waals surface area contributed by atoms with Crippen molar-refractivity contribution in [2.24, 2.45) is 0 Å². The lowest BCUT2D eigenvalue weighted by Crippen LogP contribution is -2.17. The summed E-state index contributed by atoms with van der Waals surface area (Å²) in [6.45, 7) is 1.93. The number of nitrogens with one attached hydrogen (secondary N) is 1. The van der Waals surface area contributed by atoms with Crippen molar-refractivity contribution in [3.63, 3.8) is 0 Å². The maximum absolute atomic E-state index is 5.94. The zero-order chi connectivity index (χ0) is 12.3. The van der Waals surface area contributed by atoms with Crippen LogP contribution in [0.4, 0.5) is 5.82 Å². The van der Waals surface area contributed by atoms with Gasteiger partial charge >= 0.3 is 0 Å². The number of rotatable bonds is 5. The van der Waals surface area contributed by atoms with Crippen molar-refractivity contribution in [1.82, 2.24) is 19.5 Å². The molecule has 0 aliphatic rings. The van der Waals surface area contributed by atoms with Crippen molar-refractivity contribution in [2.45, 2.75) is 6.42 Å². The normalized spacial score (nSPS) is 11.3. The molecule has 0 amide bonds. The van der Waals surface area contributed by atoms with E-state index < -0.39 is 0 Å². The number of halogens is 1. The summed E-state index contributed by atoms with van der Waals surface area (Å²) in [5.41, 5.74) is 0.757. The minimum absolute atomic E-state index is 0.480. The van der Waals surface area contributed by atoms with Gasteiger partial charge in [0.15, 0.2) is 5.65 Å². The smallest absolute Gasteiger partial charge is 0.159 e. The Morgan fingerprint density at radius 1 is 1.47 bits per heavy atom. The van der Waals surface area contributed by atoms with Crippen LogP contribution in [0.25, 0.3) is 5.65 Å². The lowest BCUT2D eigenvalue weighted by atomic mass is 10.4. The Morgan fingerprint density at radius 2 is 2.29 bits per heavy atom. The molecular formula is C11H16ClN5. The molecule has 17 heavy (non-hydrogen) atoms. The zero-order valence-corrected chi connectivity index (χ0v) is 10.8. The molecular weight excluding hydrogens is 238 g/mol. The number of fused-ring (bicyclic) bond motifs is 1. The third kappa shape index (κ3) is 3.08. The monoisotopic (exact) mass is 253 g/mol. The first-order chi connectivity index (χ1) is 8.16. The Hall–Kier alpha value is -1.33. The molecule has 5 nitrogen and oxygen atoms in total. The number of nitrogens with zero attached hydrogens (tertiary/aromatic N) is 4. The Bertz CT molecular complexity index is 494. The topological polar surface area (TPSA) is 45.5 Å². The van der Waals surface area contributed by atoms with Gasteiger partial charge in [-0.2, -0.15) is 9.61 Å². The van der Waals surface area contributed by atoms with E-state index in [0.29, 0.717) is 5.15 Å². The van der Waals surface area contributed by atoms with Gasteiger partial charge in [0.25, 0.3) is 0 Å². The highest BCUT2D eigenvalue weighted by atomic mass is 35.5. The van der Waals surface area contributed by atoms with Crippen LogP contribution in [0, 0.1) is 0 Å². The van der Waals surface area contributed by atoms with Crippen LogP contribution in [0.3, 0.4) is 0 Å². The van der Waals surface area contributed by atoms with Gasteiger partial charge in [0.05, 0.1) is 6.20 Å². The molecule has 2 aromatic rings. The van der Waals surface area contributed by atoms with Crippen LogP contribution in [0.2, 0.25) is 5.15 Å². The van der Waals surface area contributed by atoms with Crippen molar-refractivity contribution < 1.29 is 0 Å². The molecule has 0 unspecified atom stereocenters. The van der Waals surface area contributed by atoms with Crippen molar-refractivity contribution in [3.8, 4) is 0 Å². The predicted octanol–water partition coefficient (Wildman–Crippen LogP) is 1.75. The largest absolute Gasteiger partial charge is 0.370 e. The van der Waals surface area contributed by atoms with E-state index in [1.807, 2.05) is 6.07 Å². The summed E-state index contributed by atoms with van der Waals surface area (Å²) in [6, 6.07) is 3.62. The van der Waals surface area contributed by atoms with Crippen LogP contribution in [-0.4, -0.2) is 46.7 Å². The zero-order valence-electron chi connectivity index (χ0n) is 10.0. The Balaban J connectivity index is 2.04. The molecule has 6 heteroatoms. The minimum Gasteiger partial charge on any atom is -0.370 e. The van der Waals surface area contributed by atoms with Gasteiger partial charge in [-0.1, -0.05) is 11.6 Å². The molecule has 0 aliphatic carbocycles. The van der Waals surface area contributed by atoms with Gasteiger partial charge in [-0.15, -0.1) is 0 Å². The second kappa shape index (κ2) is 5.33. The van der Waals surface area contributed by atoms with E-state index in [2.05, 4.69) is 34.4 Å². The van der Waals surface area contributed by atoms with Gasteiger partial charge in [0.1, 0.15) is 11.0 Å². The Labute approximate surface area is 105 Å². The molecule has 0 radical (unpaired) electrons. The SMILES string of the molecule is CN(C)CCCNc1cc(Cl)nc2ccnn12. The molecule has 2 rings (SSSR count). The first kappa shape index (κ1) is 12.1. The van der Waals surface area contributed by atoms with Crippen molar-refractivity contribution >= 4 is 23.1 Å². The fourth-order valence-electron chi connectivity index (χ4n) is 1.62. The quantitative estimate of drug-likeness (QED) is 0.651. The van der Waals surface area contributed by atoms with E-state index in [4.69, 9.17) is 11.6 Å². The third-order valence-electron chi connectivity index (χ3n) is 2.42. The maximum atomic E-state index is 5.94. The molecule has 92 valence electrons. The predicted molar refractivity (Wildman–Crippen MR) is 69.7 cm³/mol. The number of aromatic nitrogens is 3. The van der Waals surface area contributed by atoms with Crippen molar-refractivity contribution in [2.75, 3.05) is 32.5 Å². The van der Waals surface area contributed by atoms with E-state index in [0.717, 1.165) is 31.0 Å². The van der Waals surface area contributed by atoms with Gasteiger partial charge in [0, 0.05) is 18.7 Å². The van der Waals surface area contributed by atoms with E-state index in [-0.39, 0.29) is 0 Å². The van der Waals surface area contributed by atoms with Gasteiger partial charge in [-0.25, -0.2) is 4.98 Å². The minimum atomic E-state index is 0.480. The van der Waals surface area contributed by atoms with E-state index in [1.54, 1.807) is 16.8 Å². The lowest BCUT2D eigenvalue weighted by Gasteiger charge is -2.11. The summed E-state index contributed by atoms with van der Waals surface area (Å²) in [6.07, 6.45) is 2.78. The second-order valence-electron chi connectivity index (χ2n) is 4.15. The standard InChI is InChI=1S/C11H16ClN5/c1-16(2)7-3-5-13-11-8-9(12)15-10-4-6-14-17(10)11/h4,6,8,13H,3,5,7H2,1-2H3. The van der Waals surface area contributed by atoms with Gasteiger partial charge in [0.2, 0.25) is 0 Å². The average molecular weight is 254 g/mol. The van der Waals surface area contributed by atoms with Gasteiger partial charge < -0.3 is 10.2 Å². The van der Waals surface area contributed by atoms with Crippen molar-refractivity contribution in [1.29, 1.82) is 0 Å². The van der Waals surface area contributed by atoms with E-state index >= 15 is 0 Å². The van der Waals surface area contributed by atoms with Crippen LogP contribution in [-0.2, 0) is 0 Å². The molecule has 2 heterocycles. The summed E-state index contributed by atoms with van der Waals surface area (Å²) >= 11 is 5.94. The molecule has 0 spiro atoms.